The highest BCUT2D eigenvalue weighted by molar-refractivity contribution is 6.30. The average molecular weight is 399 g/mol. The molecule has 1 aliphatic heterocycles. The van der Waals surface area contributed by atoms with Crippen molar-refractivity contribution in [1.29, 1.82) is 0 Å². The number of carbonyl (C=O) groups is 1. The quantitative estimate of drug-likeness (QED) is 0.632. The maximum atomic E-state index is 13.5. The zero-order chi connectivity index (χ0) is 21.3. The van der Waals surface area contributed by atoms with Gasteiger partial charge in [0.1, 0.15) is 5.82 Å². The maximum Gasteiger partial charge on any atom is 0.332 e. The van der Waals surface area contributed by atoms with Crippen LogP contribution in [0.3, 0.4) is 0 Å². The van der Waals surface area contributed by atoms with E-state index in [9.17, 15) is 14.4 Å². The number of aliphatic imine (C=N–C) groups is 1. The monoisotopic (exact) mass is 399 g/mol. The van der Waals surface area contributed by atoms with Gasteiger partial charge in [0.2, 0.25) is 0 Å². The van der Waals surface area contributed by atoms with Gasteiger partial charge in [0, 0.05) is 31.1 Å². The molecular weight excluding hydrogens is 378 g/mol. The summed E-state index contributed by atoms with van der Waals surface area (Å²) in [5.74, 6) is -0.782. The van der Waals surface area contributed by atoms with Crippen molar-refractivity contribution in [1.82, 2.24) is 9.13 Å². The molecule has 30 heavy (non-hydrogen) atoms. The van der Waals surface area contributed by atoms with Gasteiger partial charge >= 0.3 is 5.69 Å². The lowest BCUT2D eigenvalue weighted by atomic mass is 9.76. The molecule has 0 N–H and O–H groups in total. The Hall–Kier alpha value is -3.54. The Balaban J connectivity index is 1.92. The van der Waals surface area contributed by atoms with Crippen molar-refractivity contribution >= 4 is 17.3 Å². The number of aryl methyl sites for hydroxylation is 2. The smallest absolute Gasteiger partial charge is 0.293 e. The summed E-state index contributed by atoms with van der Waals surface area (Å²) in [6.45, 7) is 4.00. The molecule has 1 aromatic heterocycles. The van der Waals surface area contributed by atoms with E-state index in [-0.39, 0.29) is 5.78 Å². The highest BCUT2D eigenvalue weighted by Crippen LogP contribution is 2.46. The second-order valence-corrected chi connectivity index (χ2v) is 8.23. The van der Waals surface area contributed by atoms with Crippen LogP contribution in [0.15, 0.2) is 57.0 Å². The lowest BCUT2D eigenvalue weighted by molar-refractivity contribution is 0.0953. The minimum Gasteiger partial charge on any atom is -0.293 e. The van der Waals surface area contributed by atoms with Crippen molar-refractivity contribution < 1.29 is 4.79 Å². The molecule has 0 amide bonds. The van der Waals surface area contributed by atoms with Crippen LogP contribution in [0.25, 0.3) is 0 Å². The highest BCUT2D eigenvalue weighted by atomic mass is 16.2. The molecule has 2 aliphatic rings. The zero-order valence-electron chi connectivity index (χ0n) is 17.3. The predicted octanol–water partition coefficient (Wildman–Crippen LogP) is 2.78. The first kappa shape index (κ1) is 18.5. The molecule has 0 saturated carbocycles. The van der Waals surface area contributed by atoms with Crippen molar-refractivity contribution in [2.24, 2.45) is 25.0 Å². The minimum absolute atomic E-state index is 0.0323. The van der Waals surface area contributed by atoms with Crippen LogP contribution < -0.4 is 11.2 Å². The fourth-order valence-corrected chi connectivity index (χ4v) is 4.92. The molecule has 1 aliphatic carbocycles. The molecule has 0 unspecified atom stereocenters. The van der Waals surface area contributed by atoms with Crippen LogP contribution in [0, 0.1) is 19.8 Å². The van der Waals surface area contributed by atoms with Crippen LogP contribution >= 0.6 is 0 Å². The Morgan fingerprint density at radius 1 is 0.833 bits per heavy atom. The van der Waals surface area contributed by atoms with Gasteiger partial charge in [0.15, 0.2) is 5.78 Å². The Morgan fingerprint density at radius 2 is 1.47 bits per heavy atom. The molecule has 0 bridgehead atoms. The van der Waals surface area contributed by atoms with Crippen LogP contribution in [0.5, 0.6) is 0 Å². The number of rotatable bonds is 1. The fourth-order valence-electron chi connectivity index (χ4n) is 4.92. The molecule has 2 aromatic carbocycles. The Bertz CT molecular complexity index is 1390. The largest absolute Gasteiger partial charge is 0.332 e. The van der Waals surface area contributed by atoms with Gasteiger partial charge in [-0.25, -0.2) is 9.79 Å². The average Bonchev–Trinajstić information content (AvgIpc) is 3.01. The van der Waals surface area contributed by atoms with Crippen molar-refractivity contribution in [3.8, 4) is 0 Å². The summed E-state index contributed by atoms with van der Waals surface area (Å²) in [6.07, 6.45) is 0. The Morgan fingerprint density at radius 3 is 2.13 bits per heavy atom. The predicted molar refractivity (Wildman–Crippen MR) is 115 cm³/mol. The normalized spacial score (nSPS) is 19.2. The van der Waals surface area contributed by atoms with Crippen molar-refractivity contribution in [3.63, 3.8) is 0 Å². The van der Waals surface area contributed by atoms with E-state index in [1.165, 1.54) is 11.6 Å². The summed E-state index contributed by atoms with van der Waals surface area (Å²) in [7, 11) is 3.08. The topological polar surface area (TPSA) is 73.4 Å². The summed E-state index contributed by atoms with van der Waals surface area (Å²) in [5, 5.41) is 0. The molecule has 0 fully saturated rings. The number of hydrogen-bond acceptors (Lipinski definition) is 4. The summed E-state index contributed by atoms with van der Waals surface area (Å²) in [4.78, 5) is 44.1. The lowest BCUT2D eigenvalue weighted by Gasteiger charge is -2.30. The number of carbonyl (C=O) groups excluding carboxylic acids is 1. The SMILES string of the molecule is Cc1cc(C)cc([C@@H]2c3c(n(C)c(=O)n(C)c3=O)N=C3c4ccccc4C(=O)[C@H]32)c1. The molecule has 2 atom stereocenters. The Labute approximate surface area is 173 Å². The molecule has 0 saturated heterocycles. The molecule has 6 nitrogen and oxygen atoms in total. The zero-order valence-corrected chi connectivity index (χ0v) is 17.3. The number of hydrogen-bond donors (Lipinski definition) is 0. The van der Waals surface area contributed by atoms with Gasteiger partial charge in [-0.15, -0.1) is 0 Å². The maximum absolute atomic E-state index is 13.5. The van der Waals surface area contributed by atoms with E-state index in [2.05, 4.69) is 6.07 Å². The van der Waals surface area contributed by atoms with Crippen LogP contribution in [0.4, 0.5) is 5.82 Å². The summed E-state index contributed by atoms with van der Waals surface area (Å²) < 4.78 is 2.50. The van der Waals surface area contributed by atoms with Crippen molar-refractivity contribution in [3.05, 3.63) is 96.7 Å². The summed E-state index contributed by atoms with van der Waals surface area (Å²) in [5.41, 5.74) is 4.60. The van der Waals surface area contributed by atoms with Gasteiger partial charge < -0.3 is 0 Å². The second kappa shape index (κ2) is 6.23. The van der Waals surface area contributed by atoms with Gasteiger partial charge in [-0.2, -0.15) is 0 Å². The third kappa shape index (κ3) is 2.36. The van der Waals surface area contributed by atoms with Gasteiger partial charge in [-0.1, -0.05) is 53.6 Å². The number of nitrogens with zero attached hydrogens (tertiary/aromatic N) is 3. The molecule has 6 heteroatoms. The lowest BCUT2D eigenvalue weighted by Crippen LogP contribution is -2.43. The van der Waals surface area contributed by atoms with E-state index in [1.807, 2.05) is 44.2 Å². The highest BCUT2D eigenvalue weighted by Gasteiger charge is 2.47. The van der Waals surface area contributed by atoms with Crippen molar-refractivity contribution in [2.45, 2.75) is 19.8 Å². The number of aromatic nitrogens is 2. The molecular formula is C24H21N3O3. The molecule has 3 aromatic rings. The van der Waals surface area contributed by atoms with Gasteiger partial charge in [-0.05, 0) is 19.4 Å². The number of ketones is 1. The van der Waals surface area contributed by atoms with E-state index in [1.54, 1.807) is 13.1 Å². The second-order valence-electron chi connectivity index (χ2n) is 8.23. The first-order valence-electron chi connectivity index (χ1n) is 9.90. The molecule has 5 rings (SSSR count). The summed E-state index contributed by atoms with van der Waals surface area (Å²) >= 11 is 0. The number of fused-ring (bicyclic) bond motifs is 4. The molecule has 0 radical (unpaired) electrons. The third-order valence-corrected chi connectivity index (χ3v) is 6.19. The van der Waals surface area contributed by atoms with E-state index >= 15 is 0 Å². The Kier molecular flexibility index (Phi) is 3.84. The number of benzene rings is 2. The number of Topliss-reactive ketones (excluding diaryl/α,β-unsaturated/α-hetero) is 1. The van der Waals surface area contributed by atoms with Gasteiger partial charge in [0.05, 0.1) is 17.2 Å². The van der Waals surface area contributed by atoms with E-state index in [0.717, 1.165) is 26.8 Å². The van der Waals surface area contributed by atoms with Crippen LogP contribution in [0.1, 0.15) is 44.1 Å². The van der Waals surface area contributed by atoms with E-state index in [0.29, 0.717) is 22.7 Å². The fraction of sp³-hybridized carbons (Fsp3) is 0.250. The standard InChI is InChI=1S/C24H21N3O3/c1-12-9-13(2)11-14(10-12)17-18-20(15-7-5-6-8-16(15)21(18)28)25-22-19(17)23(29)27(4)24(30)26(22)3/h5-11,17-18H,1-4H3/t17-,18-/m0/s1. The van der Waals surface area contributed by atoms with Crippen LogP contribution in [0.2, 0.25) is 0 Å². The first-order valence-corrected chi connectivity index (χ1v) is 9.90. The molecule has 150 valence electrons. The van der Waals surface area contributed by atoms with E-state index < -0.39 is 23.1 Å². The van der Waals surface area contributed by atoms with Crippen LogP contribution in [-0.2, 0) is 14.1 Å². The molecule has 2 heterocycles. The first-order chi connectivity index (χ1) is 14.3. The van der Waals surface area contributed by atoms with Gasteiger partial charge in [-0.3, -0.25) is 18.7 Å². The van der Waals surface area contributed by atoms with Crippen LogP contribution in [-0.4, -0.2) is 20.6 Å². The third-order valence-electron chi connectivity index (χ3n) is 6.19. The van der Waals surface area contributed by atoms with Crippen molar-refractivity contribution in [2.75, 3.05) is 0 Å². The minimum atomic E-state index is -0.582. The summed E-state index contributed by atoms with van der Waals surface area (Å²) in [6, 6.07) is 13.5. The van der Waals surface area contributed by atoms with Gasteiger partial charge in [0.25, 0.3) is 5.56 Å². The van der Waals surface area contributed by atoms with E-state index in [4.69, 9.17) is 4.99 Å². The molecule has 0 spiro atoms.